The predicted octanol–water partition coefficient (Wildman–Crippen LogP) is 3.30. The van der Waals surface area contributed by atoms with E-state index in [-0.39, 0.29) is 44.5 Å². The highest BCUT2D eigenvalue weighted by Gasteiger charge is 2.44. The summed E-state index contributed by atoms with van der Waals surface area (Å²) in [4.78, 5) is 37.6. The molecule has 1 saturated heterocycles. The Hall–Kier alpha value is -3.39. The summed E-state index contributed by atoms with van der Waals surface area (Å²) in [5, 5.41) is 14.8. The third-order valence-electron chi connectivity index (χ3n) is 6.69. The summed E-state index contributed by atoms with van der Waals surface area (Å²) in [5.74, 6) is -2.07. The van der Waals surface area contributed by atoms with Gasteiger partial charge in [0.1, 0.15) is 18.2 Å². The Morgan fingerprint density at radius 2 is 1.59 bits per heavy atom. The smallest absolute Gasteiger partial charge is 0.408 e. The van der Waals surface area contributed by atoms with Crippen LogP contribution < -0.4 is 10.6 Å². The standard InChI is InChI=1S/C26H30N2O6/c1-16(2)22(23(29)30)27-24(31)26(11-13-33-14-12-26)28-25(32)34-15-21-19-9-5-3-7-17(19)18-8-4-6-10-20(18)21/h3-10,16,21-22H,11-15H2,1-2H3,(H,27,31)(H,28,32)(H,29,30)/t22-/m0/s1. The molecule has 0 spiro atoms. The number of benzene rings is 2. The summed E-state index contributed by atoms with van der Waals surface area (Å²) in [6, 6.07) is 15.0. The quantitative estimate of drug-likeness (QED) is 0.577. The maximum atomic E-state index is 13.2. The minimum Gasteiger partial charge on any atom is -0.480 e. The molecule has 1 aliphatic carbocycles. The van der Waals surface area contributed by atoms with Crippen LogP contribution in [0.15, 0.2) is 48.5 Å². The second kappa shape index (κ2) is 9.85. The molecule has 1 fully saturated rings. The number of alkyl carbamates (subject to hydrolysis) is 1. The first-order chi connectivity index (χ1) is 16.3. The fourth-order valence-corrected chi connectivity index (χ4v) is 4.75. The zero-order valence-electron chi connectivity index (χ0n) is 19.4. The Labute approximate surface area is 198 Å². The van der Waals surface area contributed by atoms with Gasteiger partial charge in [-0.05, 0) is 28.2 Å². The zero-order chi connectivity index (χ0) is 24.3. The molecule has 180 valence electrons. The number of hydrogen-bond acceptors (Lipinski definition) is 5. The third-order valence-corrected chi connectivity index (χ3v) is 6.69. The number of rotatable bonds is 7. The maximum absolute atomic E-state index is 13.2. The highest BCUT2D eigenvalue weighted by Crippen LogP contribution is 2.44. The molecule has 2 aromatic carbocycles. The van der Waals surface area contributed by atoms with Crippen molar-refractivity contribution in [1.29, 1.82) is 0 Å². The van der Waals surface area contributed by atoms with Crippen molar-refractivity contribution in [2.45, 2.75) is 44.2 Å². The number of aliphatic carboxylic acids is 1. The van der Waals surface area contributed by atoms with Crippen molar-refractivity contribution in [1.82, 2.24) is 10.6 Å². The number of amides is 2. The number of carboxylic acids is 1. The van der Waals surface area contributed by atoms with Gasteiger partial charge in [-0.15, -0.1) is 0 Å². The molecule has 8 nitrogen and oxygen atoms in total. The van der Waals surface area contributed by atoms with E-state index in [0.717, 1.165) is 22.3 Å². The number of carboxylic acid groups (broad SMARTS) is 1. The van der Waals surface area contributed by atoms with Crippen LogP contribution in [0.2, 0.25) is 0 Å². The van der Waals surface area contributed by atoms with E-state index < -0.39 is 29.6 Å². The molecule has 2 aromatic rings. The second-order valence-corrected chi connectivity index (χ2v) is 9.18. The van der Waals surface area contributed by atoms with Crippen LogP contribution in [0.25, 0.3) is 11.1 Å². The summed E-state index contributed by atoms with van der Waals surface area (Å²) in [5.41, 5.74) is 3.15. The minimum atomic E-state index is -1.29. The summed E-state index contributed by atoms with van der Waals surface area (Å²) in [7, 11) is 0. The Kier molecular flexibility index (Phi) is 6.88. The minimum absolute atomic E-state index is 0.102. The molecular weight excluding hydrogens is 436 g/mol. The van der Waals surface area contributed by atoms with Crippen molar-refractivity contribution in [2.24, 2.45) is 5.92 Å². The SMILES string of the molecule is CC(C)[C@H](NC(=O)C1(NC(=O)OCC2c3ccccc3-c3ccccc32)CCOCC1)C(=O)O. The number of fused-ring (bicyclic) bond motifs is 3. The molecule has 0 saturated carbocycles. The first kappa shape index (κ1) is 23.8. The van der Waals surface area contributed by atoms with Crippen molar-refractivity contribution in [2.75, 3.05) is 19.8 Å². The van der Waals surface area contributed by atoms with Gasteiger partial charge in [-0.1, -0.05) is 62.4 Å². The molecule has 1 aliphatic heterocycles. The van der Waals surface area contributed by atoms with E-state index in [4.69, 9.17) is 9.47 Å². The molecule has 1 atom stereocenters. The van der Waals surface area contributed by atoms with Crippen LogP contribution in [-0.4, -0.2) is 54.5 Å². The molecular formula is C26H30N2O6. The van der Waals surface area contributed by atoms with E-state index in [1.54, 1.807) is 13.8 Å². The van der Waals surface area contributed by atoms with Crippen molar-refractivity contribution < 1.29 is 29.0 Å². The summed E-state index contributed by atoms with van der Waals surface area (Å²) < 4.78 is 11.0. The molecule has 2 aliphatic rings. The van der Waals surface area contributed by atoms with E-state index in [0.29, 0.717) is 0 Å². The summed E-state index contributed by atoms with van der Waals surface area (Å²) >= 11 is 0. The van der Waals surface area contributed by atoms with Crippen molar-refractivity contribution in [3.8, 4) is 11.1 Å². The monoisotopic (exact) mass is 466 g/mol. The largest absolute Gasteiger partial charge is 0.480 e. The maximum Gasteiger partial charge on any atom is 0.408 e. The molecule has 1 heterocycles. The fourth-order valence-electron chi connectivity index (χ4n) is 4.75. The third kappa shape index (κ3) is 4.63. The van der Waals surface area contributed by atoms with Crippen LogP contribution in [0.1, 0.15) is 43.7 Å². The lowest BCUT2D eigenvalue weighted by Gasteiger charge is -2.37. The van der Waals surface area contributed by atoms with Gasteiger partial charge in [0.2, 0.25) is 5.91 Å². The average Bonchev–Trinajstić information content (AvgIpc) is 3.15. The van der Waals surface area contributed by atoms with Crippen LogP contribution in [-0.2, 0) is 19.1 Å². The molecule has 34 heavy (non-hydrogen) atoms. The number of hydrogen-bond donors (Lipinski definition) is 3. The lowest BCUT2D eigenvalue weighted by molar-refractivity contribution is -0.145. The molecule has 0 unspecified atom stereocenters. The van der Waals surface area contributed by atoms with Crippen LogP contribution in [0, 0.1) is 5.92 Å². The van der Waals surface area contributed by atoms with Crippen molar-refractivity contribution in [3.63, 3.8) is 0 Å². The van der Waals surface area contributed by atoms with E-state index in [1.807, 2.05) is 36.4 Å². The molecule has 0 bridgehead atoms. The van der Waals surface area contributed by atoms with Crippen molar-refractivity contribution in [3.05, 3.63) is 59.7 Å². The second-order valence-electron chi connectivity index (χ2n) is 9.18. The summed E-state index contributed by atoms with van der Waals surface area (Å²) in [6.07, 6.45) is -0.253. The van der Waals surface area contributed by atoms with Gasteiger partial charge in [0.05, 0.1) is 0 Å². The first-order valence-electron chi connectivity index (χ1n) is 11.6. The van der Waals surface area contributed by atoms with Gasteiger partial charge in [0.15, 0.2) is 0 Å². The first-order valence-corrected chi connectivity index (χ1v) is 11.6. The lowest BCUT2D eigenvalue weighted by Crippen LogP contribution is -2.63. The number of carbonyl (C=O) groups is 3. The van der Waals surface area contributed by atoms with Gasteiger partial charge in [-0.3, -0.25) is 4.79 Å². The van der Waals surface area contributed by atoms with Crippen LogP contribution in [0.5, 0.6) is 0 Å². The van der Waals surface area contributed by atoms with Crippen LogP contribution >= 0.6 is 0 Å². The van der Waals surface area contributed by atoms with Gasteiger partial charge in [-0.25, -0.2) is 9.59 Å². The Morgan fingerprint density at radius 3 is 2.12 bits per heavy atom. The Morgan fingerprint density at radius 1 is 1.03 bits per heavy atom. The normalized spacial score (nSPS) is 17.4. The highest BCUT2D eigenvalue weighted by molar-refractivity contribution is 5.93. The number of carbonyl (C=O) groups excluding carboxylic acids is 2. The van der Waals surface area contributed by atoms with Gasteiger partial charge < -0.3 is 25.2 Å². The molecule has 3 N–H and O–H groups in total. The Balaban J connectivity index is 1.47. The molecule has 2 amide bonds. The van der Waals surface area contributed by atoms with Crippen LogP contribution in [0.3, 0.4) is 0 Å². The fraction of sp³-hybridized carbons (Fsp3) is 0.423. The molecule has 8 heteroatoms. The van der Waals surface area contributed by atoms with E-state index in [2.05, 4.69) is 22.8 Å². The van der Waals surface area contributed by atoms with Crippen LogP contribution in [0.4, 0.5) is 4.79 Å². The van der Waals surface area contributed by atoms with E-state index >= 15 is 0 Å². The van der Waals surface area contributed by atoms with E-state index in [1.165, 1.54) is 0 Å². The van der Waals surface area contributed by atoms with Gasteiger partial charge >= 0.3 is 12.1 Å². The number of nitrogens with one attached hydrogen (secondary N) is 2. The lowest BCUT2D eigenvalue weighted by atomic mass is 9.88. The van der Waals surface area contributed by atoms with Gasteiger partial charge in [0.25, 0.3) is 0 Å². The predicted molar refractivity (Wildman–Crippen MR) is 125 cm³/mol. The summed E-state index contributed by atoms with van der Waals surface area (Å²) in [6.45, 7) is 4.11. The van der Waals surface area contributed by atoms with Gasteiger partial charge in [0, 0.05) is 32.0 Å². The van der Waals surface area contributed by atoms with Gasteiger partial charge in [-0.2, -0.15) is 0 Å². The Bertz CT molecular complexity index is 1030. The van der Waals surface area contributed by atoms with E-state index in [9.17, 15) is 19.5 Å². The number of ether oxygens (including phenoxy) is 2. The zero-order valence-corrected chi connectivity index (χ0v) is 19.4. The molecule has 4 rings (SSSR count). The van der Waals surface area contributed by atoms with Crippen molar-refractivity contribution >= 4 is 18.0 Å². The average molecular weight is 467 g/mol. The molecule has 0 aromatic heterocycles. The molecule has 0 radical (unpaired) electrons. The topological polar surface area (TPSA) is 114 Å². The highest BCUT2D eigenvalue weighted by atomic mass is 16.5.